The van der Waals surface area contributed by atoms with Gasteiger partial charge in [-0.1, -0.05) is 27.7 Å². The average molecular weight is 255 g/mol. The molecule has 104 valence electrons. The molecule has 0 bridgehead atoms. The first-order chi connectivity index (χ1) is 8.22. The Morgan fingerprint density at radius 1 is 1.39 bits per heavy atom. The molecule has 1 amide bonds. The Hall–Kier alpha value is -1.06. The Balaban J connectivity index is 2.37. The van der Waals surface area contributed by atoms with Crippen molar-refractivity contribution in [2.24, 2.45) is 23.2 Å². The maximum atomic E-state index is 11.8. The number of carbonyl (C=O) groups is 2. The second-order valence-electron chi connectivity index (χ2n) is 6.58. The van der Waals surface area contributed by atoms with Crippen LogP contribution >= 0.6 is 0 Å². The predicted molar refractivity (Wildman–Crippen MR) is 70.1 cm³/mol. The summed E-state index contributed by atoms with van der Waals surface area (Å²) in [4.78, 5) is 22.6. The minimum atomic E-state index is -0.790. The highest BCUT2D eigenvalue weighted by molar-refractivity contribution is 5.82. The van der Waals surface area contributed by atoms with Crippen LogP contribution in [0.2, 0.25) is 0 Å². The van der Waals surface area contributed by atoms with Gasteiger partial charge in [0.15, 0.2) is 0 Å². The molecule has 0 spiro atoms. The first kappa shape index (κ1) is 15.0. The average Bonchev–Trinajstić information content (AvgIpc) is 2.82. The molecule has 1 fully saturated rings. The number of aliphatic carboxylic acids is 1. The highest BCUT2D eigenvalue weighted by Crippen LogP contribution is 2.51. The molecule has 0 radical (unpaired) electrons. The highest BCUT2D eigenvalue weighted by Gasteiger charge is 2.50. The molecule has 2 atom stereocenters. The van der Waals surface area contributed by atoms with Gasteiger partial charge in [-0.3, -0.25) is 9.59 Å². The molecule has 0 aromatic rings. The van der Waals surface area contributed by atoms with Crippen molar-refractivity contribution < 1.29 is 14.7 Å². The third-order valence-corrected chi connectivity index (χ3v) is 3.66. The van der Waals surface area contributed by atoms with Crippen LogP contribution in [-0.2, 0) is 9.59 Å². The largest absolute Gasteiger partial charge is 0.481 e. The van der Waals surface area contributed by atoms with Gasteiger partial charge in [0.25, 0.3) is 0 Å². The number of nitrogens with one attached hydrogen (secondary N) is 1. The van der Waals surface area contributed by atoms with Crippen LogP contribution in [0, 0.1) is 23.2 Å². The molecule has 0 aromatic carbocycles. The quantitative estimate of drug-likeness (QED) is 0.733. The summed E-state index contributed by atoms with van der Waals surface area (Å²) in [6, 6.07) is 0. The molecule has 1 rings (SSSR count). The van der Waals surface area contributed by atoms with Crippen LogP contribution in [-0.4, -0.2) is 23.5 Å². The van der Waals surface area contributed by atoms with Crippen LogP contribution in [0.15, 0.2) is 0 Å². The van der Waals surface area contributed by atoms with E-state index in [9.17, 15) is 9.59 Å². The van der Waals surface area contributed by atoms with Gasteiger partial charge in [-0.2, -0.15) is 0 Å². The number of carbonyl (C=O) groups excluding carboxylic acids is 1. The van der Waals surface area contributed by atoms with Gasteiger partial charge >= 0.3 is 5.97 Å². The third kappa shape index (κ3) is 4.67. The van der Waals surface area contributed by atoms with Gasteiger partial charge in [-0.25, -0.2) is 0 Å². The Kier molecular flexibility index (Phi) is 4.77. The van der Waals surface area contributed by atoms with E-state index in [1.807, 2.05) is 0 Å². The fourth-order valence-corrected chi connectivity index (χ4v) is 2.44. The van der Waals surface area contributed by atoms with Crippen molar-refractivity contribution in [1.82, 2.24) is 5.32 Å². The summed E-state index contributed by atoms with van der Waals surface area (Å²) in [6.07, 6.45) is 1.90. The minimum Gasteiger partial charge on any atom is -0.481 e. The standard InChI is InChI=1S/C14H25NO3/c1-9(2)5-10(6-12(16)17)8-15-13(18)11-7-14(11,3)4/h9-11H,5-8H2,1-4H3,(H,15,18)(H,16,17)/t10-,11?/m0/s1. The van der Waals surface area contributed by atoms with Crippen LogP contribution in [0.5, 0.6) is 0 Å². The number of hydrogen-bond acceptors (Lipinski definition) is 2. The number of hydrogen-bond donors (Lipinski definition) is 2. The van der Waals surface area contributed by atoms with Crippen molar-refractivity contribution in [2.45, 2.75) is 47.0 Å². The SMILES string of the molecule is CC(C)C[C@H](CNC(=O)C1CC1(C)C)CC(=O)O. The lowest BCUT2D eigenvalue weighted by atomic mass is 9.94. The monoisotopic (exact) mass is 255 g/mol. The Morgan fingerprint density at radius 3 is 2.33 bits per heavy atom. The molecule has 1 aliphatic rings. The normalized spacial score (nSPS) is 22.6. The fraction of sp³-hybridized carbons (Fsp3) is 0.857. The molecule has 0 aromatic heterocycles. The topological polar surface area (TPSA) is 66.4 Å². The van der Waals surface area contributed by atoms with Crippen molar-refractivity contribution in [1.29, 1.82) is 0 Å². The van der Waals surface area contributed by atoms with Crippen molar-refractivity contribution in [3.05, 3.63) is 0 Å². The van der Waals surface area contributed by atoms with Crippen molar-refractivity contribution in [2.75, 3.05) is 6.54 Å². The van der Waals surface area contributed by atoms with Gasteiger partial charge in [0.2, 0.25) is 5.91 Å². The first-order valence-electron chi connectivity index (χ1n) is 6.72. The lowest BCUT2D eigenvalue weighted by Crippen LogP contribution is -2.33. The number of amides is 1. The van der Waals surface area contributed by atoms with Gasteiger partial charge in [0, 0.05) is 18.9 Å². The molecule has 0 heterocycles. The maximum absolute atomic E-state index is 11.8. The molecule has 2 N–H and O–H groups in total. The summed E-state index contributed by atoms with van der Waals surface area (Å²) in [5, 5.41) is 11.8. The Labute approximate surface area is 109 Å². The van der Waals surface area contributed by atoms with Gasteiger partial charge in [-0.05, 0) is 30.1 Å². The summed E-state index contributed by atoms with van der Waals surface area (Å²) in [7, 11) is 0. The van der Waals surface area contributed by atoms with Crippen LogP contribution in [0.25, 0.3) is 0 Å². The van der Waals surface area contributed by atoms with Gasteiger partial charge in [0.1, 0.15) is 0 Å². The first-order valence-corrected chi connectivity index (χ1v) is 6.72. The molecular formula is C14H25NO3. The molecule has 0 saturated heterocycles. The van der Waals surface area contributed by atoms with Crippen LogP contribution in [0.1, 0.15) is 47.0 Å². The van der Waals surface area contributed by atoms with E-state index in [2.05, 4.69) is 33.0 Å². The zero-order valence-corrected chi connectivity index (χ0v) is 11.8. The van der Waals surface area contributed by atoms with Crippen LogP contribution < -0.4 is 5.32 Å². The molecule has 18 heavy (non-hydrogen) atoms. The lowest BCUT2D eigenvalue weighted by molar-refractivity contribution is -0.138. The minimum absolute atomic E-state index is 0.0355. The molecule has 4 heteroatoms. The van der Waals surface area contributed by atoms with E-state index in [1.54, 1.807) is 0 Å². The summed E-state index contributed by atoms with van der Waals surface area (Å²) >= 11 is 0. The van der Waals surface area contributed by atoms with Crippen LogP contribution in [0.4, 0.5) is 0 Å². The molecule has 0 aliphatic heterocycles. The zero-order valence-electron chi connectivity index (χ0n) is 11.8. The Morgan fingerprint density at radius 2 is 1.94 bits per heavy atom. The number of rotatable bonds is 7. The molecule has 1 aliphatic carbocycles. The second-order valence-corrected chi connectivity index (χ2v) is 6.58. The molecular weight excluding hydrogens is 230 g/mol. The smallest absolute Gasteiger partial charge is 0.303 e. The van der Waals surface area contributed by atoms with Crippen LogP contribution in [0.3, 0.4) is 0 Å². The van der Waals surface area contributed by atoms with Gasteiger partial charge in [-0.15, -0.1) is 0 Å². The van der Waals surface area contributed by atoms with Crippen molar-refractivity contribution in [3.63, 3.8) is 0 Å². The second kappa shape index (κ2) is 5.72. The van der Waals surface area contributed by atoms with E-state index in [0.29, 0.717) is 12.5 Å². The number of carboxylic acids is 1. The highest BCUT2D eigenvalue weighted by atomic mass is 16.4. The Bertz CT molecular complexity index is 323. The maximum Gasteiger partial charge on any atom is 0.303 e. The van der Waals surface area contributed by atoms with E-state index < -0.39 is 5.97 Å². The molecule has 1 saturated carbocycles. The van der Waals surface area contributed by atoms with E-state index in [0.717, 1.165) is 12.8 Å². The third-order valence-electron chi connectivity index (χ3n) is 3.66. The van der Waals surface area contributed by atoms with E-state index >= 15 is 0 Å². The lowest BCUT2D eigenvalue weighted by Gasteiger charge is -2.18. The number of carboxylic acid groups (broad SMARTS) is 1. The van der Waals surface area contributed by atoms with E-state index in [1.165, 1.54) is 0 Å². The molecule has 1 unspecified atom stereocenters. The summed E-state index contributed by atoms with van der Waals surface area (Å²) in [5.74, 6) is -0.111. The summed E-state index contributed by atoms with van der Waals surface area (Å²) < 4.78 is 0. The fourth-order valence-electron chi connectivity index (χ4n) is 2.44. The summed E-state index contributed by atoms with van der Waals surface area (Å²) in [6.45, 7) is 8.79. The summed E-state index contributed by atoms with van der Waals surface area (Å²) in [5.41, 5.74) is 0.129. The van der Waals surface area contributed by atoms with E-state index in [4.69, 9.17) is 5.11 Å². The van der Waals surface area contributed by atoms with Crippen molar-refractivity contribution >= 4 is 11.9 Å². The van der Waals surface area contributed by atoms with Gasteiger partial charge in [0.05, 0.1) is 0 Å². The molecule has 4 nitrogen and oxygen atoms in total. The van der Waals surface area contributed by atoms with Gasteiger partial charge < -0.3 is 10.4 Å². The predicted octanol–water partition coefficient (Wildman–Crippen LogP) is 2.29. The van der Waals surface area contributed by atoms with Crippen molar-refractivity contribution in [3.8, 4) is 0 Å². The zero-order chi connectivity index (χ0) is 13.9. The van der Waals surface area contributed by atoms with E-state index in [-0.39, 0.29) is 29.6 Å².